The van der Waals surface area contributed by atoms with Gasteiger partial charge in [0.2, 0.25) is 15.8 Å². The average Bonchev–Trinajstić information content (AvgIpc) is 2.64. The standard InChI is InChI=1S/C17H14F5NO4S/c1-8-3-5-10(6-4-8)28(25,26)23-9(2)17(24)27-7-11-12(18)14(20)16(22)15(21)13(11)19/h3-6,9,23H,7H2,1-2H3. The lowest BCUT2D eigenvalue weighted by atomic mass is 10.2. The third kappa shape index (κ3) is 4.47. The number of sulfonamides is 1. The molecule has 0 fully saturated rings. The van der Waals surface area contributed by atoms with Crippen LogP contribution in [-0.4, -0.2) is 20.4 Å². The Kier molecular flexibility index (Phi) is 6.40. The topological polar surface area (TPSA) is 72.5 Å². The lowest BCUT2D eigenvalue weighted by molar-refractivity contribution is -0.146. The number of hydrogen-bond donors (Lipinski definition) is 1. The normalized spacial score (nSPS) is 12.7. The Morgan fingerprint density at radius 3 is 1.93 bits per heavy atom. The van der Waals surface area contributed by atoms with Gasteiger partial charge >= 0.3 is 5.97 Å². The highest BCUT2D eigenvalue weighted by Crippen LogP contribution is 2.23. The van der Waals surface area contributed by atoms with E-state index >= 15 is 0 Å². The summed E-state index contributed by atoms with van der Waals surface area (Å²) >= 11 is 0. The lowest BCUT2D eigenvalue weighted by Gasteiger charge is -2.15. The van der Waals surface area contributed by atoms with Gasteiger partial charge in [0.25, 0.3) is 0 Å². The summed E-state index contributed by atoms with van der Waals surface area (Å²) in [6.07, 6.45) is 0. The number of rotatable bonds is 6. The van der Waals surface area contributed by atoms with E-state index in [-0.39, 0.29) is 4.90 Å². The molecule has 0 aliphatic carbocycles. The van der Waals surface area contributed by atoms with Gasteiger partial charge < -0.3 is 4.74 Å². The second-order valence-corrected chi connectivity index (χ2v) is 7.53. The van der Waals surface area contributed by atoms with Gasteiger partial charge in [-0.1, -0.05) is 17.7 Å². The summed E-state index contributed by atoms with van der Waals surface area (Å²) in [7, 11) is -4.11. The molecule has 28 heavy (non-hydrogen) atoms. The number of benzene rings is 2. The molecule has 11 heteroatoms. The Bertz CT molecular complexity index is 980. The lowest BCUT2D eigenvalue weighted by Crippen LogP contribution is -2.39. The van der Waals surface area contributed by atoms with Crippen LogP contribution in [0.3, 0.4) is 0 Å². The monoisotopic (exact) mass is 423 g/mol. The van der Waals surface area contributed by atoms with Crippen molar-refractivity contribution in [3.8, 4) is 0 Å². The Labute approximate surface area is 157 Å². The minimum absolute atomic E-state index is 0.141. The molecule has 5 nitrogen and oxygen atoms in total. The van der Waals surface area contributed by atoms with E-state index < -0.39 is 63.3 Å². The summed E-state index contributed by atoms with van der Waals surface area (Å²) in [6, 6.07) is 4.16. The number of ether oxygens (including phenoxy) is 1. The van der Waals surface area contributed by atoms with Crippen LogP contribution >= 0.6 is 0 Å². The molecule has 1 N–H and O–H groups in total. The maximum atomic E-state index is 13.6. The van der Waals surface area contributed by atoms with Crippen molar-refractivity contribution in [2.45, 2.75) is 31.4 Å². The van der Waals surface area contributed by atoms with Crippen molar-refractivity contribution >= 4 is 16.0 Å². The molecular formula is C17H14F5NO4S. The second kappa shape index (κ2) is 8.23. The van der Waals surface area contributed by atoms with E-state index in [9.17, 15) is 35.2 Å². The summed E-state index contributed by atoms with van der Waals surface area (Å²) < 4.78 is 97.2. The van der Waals surface area contributed by atoms with Crippen LogP contribution in [0.25, 0.3) is 0 Å². The van der Waals surface area contributed by atoms with E-state index in [4.69, 9.17) is 0 Å². The predicted molar refractivity (Wildman–Crippen MR) is 87.0 cm³/mol. The van der Waals surface area contributed by atoms with Crippen LogP contribution in [0.5, 0.6) is 0 Å². The molecule has 0 heterocycles. The van der Waals surface area contributed by atoms with Crippen molar-refractivity contribution in [1.29, 1.82) is 0 Å². The number of nitrogens with one attached hydrogen (secondary N) is 1. The van der Waals surface area contributed by atoms with Crippen LogP contribution in [-0.2, 0) is 26.2 Å². The average molecular weight is 423 g/mol. The zero-order valence-electron chi connectivity index (χ0n) is 14.5. The first-order valence-electron chi connectivity index (χ1n) is 7.71. The van der Waals surface area contributed by atoms with Crippen molar-refractivity contribution in [3.63, 3.8) is 0 Å². The second-order valence-electron chi connectivity index (χ2n) is 5.81. The summed E-state index contributed by atoms with van der Waals surface area (Å²) in [4.78, 5) is 11.7. The summed E-state index contributed by atoms with van der Waals surface area (Å²) in [5.74, 6) is -12.3. The molecule has 1 atom stereocenters. The first kappa shape index (κ1) is 21.8. The number of hydrogen-bond acceptors (Lipinski definition) is 4. The minimum Gasteiger partial charge on any atom is -0.459 e. The molecule has 1 unspecified atom stereocenters. The van der Waals surface area contributed by atoms with Crippen molar-refractivity contribution < 1.29 is 39.9 Å². The van der Waals surface area contributed by atoms with E-state index in [1.165, 1.54) is 24.3 Å². The Morgan fingerprint density at radius 1 is 0.964 bits per heavy atom. The zero-order chi connectivity index (χ0) is 21.2. The smallest absolute Gasteiger partial charge is 0.324 e. The third-order valence-corrected chi connectivity index (χ3v) is 5.23. The Balaban J connectivity index is 2.11. The summed E-state index contributed by atoms with van der Waals surface area (Å²) in [5, 5.41) is 0. The first-order chi connectivity index (χ1) is 13.0. The molecule has 0 saturated heterocycles. The Morgan fingerprint density at radius 2 is 1.43 bits per heavy atom. The fourth-order valence-electron chi connectivity index (χ4n) is 2.11. The van der Waals surface area contributed by atoms with Gasteiger partial charge in [-0.2, -0.15) is 4.72 Å². The van der Waals surface area contributed by atoms with E-state index in [1.807, 2.05) is 4.72 Å². The van der Waals surface area contributed by atoms with Gasteiger partial charge in [-0.15, -0.1) is 0 Å². The molecule has 0 aliphatic heterocycles. The van der Waals surface area contributed by atoms with Crippen molar-refractivity contribution in [2.24, 2.45) is 0 Å². The van der Waals surface area contributed by atoms with Crippen molar-refractivity contribution in [3.05, 3.63) is 64.5 Å². The van der Waals surface area contributed by atoms with Gasteiger partial charge in [0, 0.05) is 0 Å². The van der Waals surface area contributed by atoms with Gasteiger partial charge in [-0.3, -0.25) is 4.79 Å². The van der Waals surface area contributed by atoms with Gasteiger partial charge in [0.1, 0.15) is 12.6 Å². The largest absolute Gasteiger partial charge is 0.459 e. The summed E-state index contributed by atoms with van der Waals surface area (Å²) in [6.45, 7) is 1.55. The van der Waals surface area contributed by atoms with Gasteiger partial charge in [-0.05, 0) is 26.0 Å². The first-order valence-corrected chi connectivity index (χ1v) is 9.20. The molecule has 0 bridgehead atoms. The summed E-state index contributed by atoms with van der Waals surface area (Å²) in [5.41, 5.74) is -0.549. The quantitative estimate of drug-likeness (QED) is 0.336. The fourth-order valence-corrected chi connectivity index (χ4v) is 3.30. The highest BCUT2D eigenvalue weighted by molar-refractivity contribution is 7.89. The predicted octanol–water partition coefficient (Wildman–Crippen LogP) is 3.10. The number of carbonyl (C=O) groups excluding carboxylic acids is 1. The number of carbonyl (C=O) groups is 1. The molecule has 0 saturated carbocycles. The van der Waals surface area contributed by atoms with Crippen LogP contribution in [0.2, 0.25) is 0 Å². The molecule has 0 aromatic heterocycles. The molecular weight excluding hydrogens is 409 g/mol. The maximum Gasteiger partial charge on any atom is 0.324 e. The maximum absolute atomic E-state index is 13.6. The van der Waals surface area contributed by atoms with Crippen LogP contribution in [0.1, 0.15) is 18.1 Å². The molecule has 0 amide bonds. The number of halogens is 5. The highest BCUT2D eigenvalue weighted by Gasteiger charge is 2.28. The molecule has 2 aromatic rings. The number of esters is 1. The van der Waals surface area contributed by atoms with Crippen LogP contribution in [0, 0.1) is 36.0 Å². The van der Waals surface area contributed by atoms with E-state index in [0.29, 0.717) is 0 Å². The SMILES string of the molecule is Cc1ccc(S(=O)(=O)NC(C)C(=O)OCc2c(F)c(F)c(F)c(F)c2F)cc1. The molecule has 0 radical (unpaired) electrons. The van der Waals surface area contributed by atoms with Gasteiger partial charge in [0.05, 0.1) is 10.5 Å². The third-order valence-electron chi connectivity index (χ3n) is 3.68. The molecule has 152 valence electrons. The van der Waals surface area contributed by atoms with E-state index in [1.54, 1.807) is 6.92 Å². The molecule has 0 aliphatic rings. The van der Waals surface area contributed by atoms with Crippen LogP contribution in [0.15, 0.2) is 29.2 Å². The fraction of sp³-hybridized carbons (Fsp3) is 0.235. The van der Waals surface area contributed by atoms with Crippen LogP contribution < -0.4 is 4.72 Å². The zero-order valence-corrected chi connectivity index (χ0v) is 15.3. The molecule has 0 spiro atoms. The minimum atomic E-state index is -4.11. The van der Waals surface area contributed by atoms with Crippen LogP contribution in [0.4, 0.5) is 22.0 Å². The molecule has 2 rings (SSSR count). The van der Waals surface area contributed by atoms with Crippen molar-refractivity contribution in [2.75, 3.05) is 0 Å². The number of aryl methyl sites for hydroxylation is 1. The van der Waals surface area contributed by atoms with E-state index in [2.05, 4.69) is 4.74 Å². The molecule has 2 aromatic carbocycles. The van der Waals surface area contributed by atoms with Gasteiger partial charge in [0.15, 0.2) is 23.3 Å². The van der Waals surface area contributed by atoms with E-state index in [0.717, 1.165) is 12.5 Å². The highest BCUT2D eigenvalue weighted by atomic mass is 32.2. The van der Waals surface area contributed by atoms with Gasteiger partial charge in [-0.25, -0.2) is 30.4 Å². The Hall–Kier alpha value is -2.53. The van der Waals surface area contributed by atoms with Crippen molar-refractivity contribution in [1.82, 2.24) is 4.72 Å².